The third-order valence-electron chi connectivity index (χ3n) is 4.99. The zero-order chi connectivity index (χ0) is 16.5. The highest BCUT2D eigenvalue weighted by atomic mass is 19.1. The molecular weight excluding hydrogens is 307 g/mol. The van der Waals surface area contributed by atoms with Crippen LogP contribution in [-0.2, 0) is 11.3 Å². The van der Waals surface area contributed by atoms with Gasteiger partial charge in [0.1, 0.15) is 5.82 Å². The van der Waals surface area contributed by atoms with Gasteiger partial charge in [-0.1, -0.05) is 0 Å². The highest BCUT2D eigenvalue weighted by Gasteiger charge is 2.32. The van der Waals surface area contributed by atoms with Crippen LogP contribution in [0.2, 0.25) is 0 Å². The van der Waals surface area contributed by atoms with Gasteiger partial charge in [0.25, 0.3) is 0 Å². The normalized spacial score (nSPS) is 25.6. The summed E-state index contributed by atoms with van der Waals surface area (Å²) in [5.41, 5.74) is 3.09. The summed E-state index contributed by atoms with van der Waals surface area (Å²) in [6.45, 7) is 5.62. The van der Waals surface area contributed by atoms with E-state index in [1.54, 1.807) is 12.1 Å². The van der Waals surface area contributed by atoms with Crippen LogP contribution in [0, 0.1) is 11.7 Å². The van der Waals surface area contributed by atoms with E-state index >= 15 is 0 Å². The van der Waals surface area contributed by atoms with Crippen LogP contribution in [0.5, 0.6) is 0 Å². The van der Waals surface area contributed by atoms with Crippen molar-refractivity contribution < 1.29 is 9.13 Å². The second kappa shape index (κ2) is 6.63. The van der Waals surface area contributed by atoms with E-state index in [2.05, 4.69) is 27.0 Å². The molecule has 24 heavy (non-hydrogen) atoms. The second-order valence-corrected chi connectivity index (χ2v) is 6.99. The van der Waals surface area contributed by atoms with E-state index in [0.29, 0.717) is 12.0 Å². The largest absolute Gasteiger partial charge is 0.379 e. The Morgan fingerprint density at radius 3 is 2.88 bits per heavy atom. The lowest BCUT2D eigenvalue weighted by molar-refractivity contribution is 0.0562. The summed E-state index contributed by atoms with van der Waals surface area (Å²) in [4.78, 5) is 4.92. The summed E-state index contributed by atoms with van der Waals surface area (Å²) in [7, 11) is 2.19. The Hall–Kier alpha value is -1.76. The van der Waals surface area contributed by atoms with Gasteiger partial charge in [-0.15, -0.1) is 0 Å². The minimum absolute atomic E-state index is 0.221. The molecule has 1 N–H and O–H groups in total. The Bertz CT molecular complexity index is 687. The fraction of sp³-hybridized carbons (Fsp3) is 0.500. The smallest absolute Gasteiger partial charge is 0.123 e. The molecule has 1 aromatic carbocycles. The van der Waals surface area contributed by atoms with Gasteiger partial charge in [0.2, 0.25) is 0 Å². The van der Waals surface area contributed by atoms with Crippen molar-refractivity contribution in [1.82, 2.24) is 20.0 Å². The Kier molecular flexibility index (Phi) is 4.35. The molecular formula is C18H23FN4O. The molecule has 2 bridgehead atoms. The summed E-state index contributed by atoms with van der Waals surface area (Å²) in [6, 6.07) is 6.97. The van der Waals surface area contributed by atoms with Gasteiger partial charge in [0, 0.05) is 49.3 Å². The van der Waals surface area contributed by atoms with Crippen LogP contribution < -0.4 is 0 Å². The highest BCUT2D eigenvalue weighted by molar-refractivity contribution is 5.62. The number of nitrogens with zero attached hydrogens (tertiary/aromatic N) is 3. The molecule has 2 aromatic rings. The SMILES string of the molecule is CN1C[C@@H]2COC[C@H](C1)N(Cc1cn[nH]c1-c1ccc(F)cc1)C2. The third-order valence-corrected chi connectivity index (χ3v) is 4.99. The quantitative estimate of drug-likeness (QED) is 0.935. The van der Waals surface area contributed by atoms with Crippen LogP contribution in [0.3, 0.4) is 0 Å². The summed E-state index contributed by atoms with van der Waals surface area (Å²) >= 11 is 0. The number of hydrogen-bond donors (Lipinski definition) is 1. The van der Waals surface area contributed by atoms with E-state index in [1.165, 1.54) is 12.1 Å². The summed E-state index contributed by atoms with van der Waals surface area (Å²) in [5.74, 6) is 0.324. The number of aromatic nitrogens is 2. The van der Waals surface area contributed by atoms with Gasteiger partial charge in [-0.2, -0.15) is 5.10 Å². The molecule has 0 aliphatic carbocycles. The van der Waals surface area contributed by atoms with Gasteiger partial charge in [-0.05, 0) is 31.3 Å². The molecule has 2 aliphatic heterocycles. The lowest BCUT2D eigenvalue weighted by Crippen LogP contribution is -2.42. The first-order valence-electron chi connectivity index (χ1n) is 8.47. The first-order chi connectivity index (χ1) is 11.7. The van der Waals surface area contributed by atoms with E-state index in [1.807, 2.05) is 6.20 Å². The monoisotopic (exact) mass is 330 g/mol. The number of hydrogen-bond acceptors (Lipinski definition) is 4. The topological polar surface area (TPSA) is 44.4 Å². The van der Waals surface area contributed by atoms with E-state index in [4.69, 9.17) is 4.74 Å². The maximum atomic E-state index is 13.2. The van der Waals surface area contributed by atoms with Crippen LogP contribution in [0.15, 0.2) is 30.5 Å². The van der Waals surface area contributed by atoms with Crippen LogP contribution in [0.1, 0.15) is 5.56 Å². The van der Waals surface area contributed by atoms with Crippen molar-refractivity contribution in [3.05, 3.63) is 41.8 Å². The number of fused-ring (bicyclic) bond motifs is 3. The Labute approximate surface area is 141 Å². The standard InChI is InChI=1S/C18H23FN4O/c1-22-7-13-8-23(17(10-22)12-24-11-13)9-15-6-20-21-18(15)14-2-4-16(19)5-3-14/h2-6,13,17H,7-12H2,1H3,(H,20,21)/t13-,17-/m0/s1. The molecule has 2 aliphatic rings. The Balaban J connectivity index is 1.57. The van der Waals surface area contributed by atoms with E-state index in [-0.39, 0.29) is 5.82 Å². The van der Waals surface area contributed by atoms with Crippen LogP contribution >= 0.6 is 0 Å². The maximum Gasteiger partial charge on any atom is 0.123 e. The average molecular weight is 330 g/mol. The molecule has 0 saturated carbocycles. The van der Waals surface area contributed by atoms with Crippen LogP contribution in [-0.4, -0.2) is 65.9 Å². The van der Waals surface area contributed by atoms with Crippen molar-refractivity contribution in [2.45, 2.75) is 12.6 Å². The first kappa shape index (κ1) is 15.7. The molecule has 3 heterocycles. The highest BCUT2D eigenvalue weighted by Crippen LogP contribution is 2.26. The minimum Gasteiger partial charge on any atom is -0.379 e. The van der Waals surface area contributed by atoms with E-state index in [9.17, 15) is 4.39 Å². The lowest BCUT2D eigenvalue weighted by atomic mass is 10.1. The van der Waals surface area contributed by atoms with E-state index < -0.39 is 0 Å². The number of H-pyrrole nitrogens is 1. The molecule has 128 valence electrons. The van der Waals surface area contributed by atoms with Crippen molar-refractivity contribution in [2.75, 3.05) is 39.9 Å². The number of halogens is 1. The average Bonchev–Trinajstić information content (AvgIpc) is 2.85. The zero-order valence-electron chi connectivity index (χ0n) is 13.9. The molecule has 6 heteroatoms. The van der Waals surface area contributed by atoms with Gasteiger partial charge in [0.15, 0.2) is 0 Å². The zero-order valence-corrected chi connectivity index (χ0v) is 13.9. The molecule has 0 unspecified atom stereocenters. The predicted molar refractivity (Wildman–Crippen MR) is 90.0 cm³/mol. The van der Waals surface area contributed by atoms with Crippen molar-refractivity contribution >= 4 is 0 Å². The molecule has 0 spiro atoms. The van der Waals surface area contributed by atoms with Crippen molar-refractivity contribution in [3.63, 3.8) is 0 Å². The molecule has 0 radical (unpaired) electrons. The van der Waals surface area contributed by atoms with Crippen LogP contribution in [0.25, 0.3) is 11.3 Å². The molecule has 4 rings (SSSR count). The van der Waals surface area contributed by atoms with E-state index in [0.717, 1.165) is 56.2 Å². The summed E-state index contributed by atoms with van der Waals surface area (Å²) in [6.07, 6.45) is 1.89. The van der Waals surface area contributed by atoms with Crippen molar-refractivity contribution in [2.24, 2.45) is 5.92 Å². The number of benzene rings is 1. The first-order valence-corrected chi connectivity index (χ1v) is 8.47. The maximum absolute atomic E-state index is 13.2. The molecule has 2 fully saturated rings. The Morgan fingerprint density at radius 2 is 2.04 bits per heavy atom. The van der Waals surface area contributed by atoms with Crippen LogP contribution in [0.4, 0.5) is 4.39 Å². The number of nitrogens with one attached hydrogen (secondary N) is 1. The fourth-order valence-electron chi connectivity index (χ4n) is 3.87. The number of rotatable bonds is 3. The summed E-state index contributed by atoms with van der Waals surface area (Å²) < 4.78 is 19.0. The van der Waals surface area contributed by atoms with Gasteiger partial charge in [0.05, 0.1) is 25.1 Å². The molecule has 0 amide bonds. The predicted octanol–water partition coefficient (Wildman–Crippen LogP) is 1.98. The number of ether oxygens (including phenoxy) is 1. The molecule has 1 aromatic heterocycles. The summed E-state index contributed by atoms with van der Waals surface area (Å²) in [5, 5.41) is 7.30. The van der Waals surface area contributed by atoms with Gasteiger partial charge < -0.3 is 9.64 Å². The third kappa shape index (κ3) is 3.22. The minimum atomic E-state index is -0.221. The van der Waals surface area contributed by atoms with Gasteiger partial charge in [-0.3, -0.25) is 10.00 Å². The molecule has 2 saturated heterocycles. The molecule has 5 nitrogen and oxygen atoms in total. The fourth-order valence-corrected chi connectivity index (χ4v) is 3.87. The number of aromatic amines is 1. The van der Waals surface area contributed by atoms with Gasteiger partial charge >= 0.3 is 0 Å². The Morgan fingerprint density at radius 1 is 1.21 bits per heavy atom. The van der Waals surface area contributed by atoms with Gasteiger partial charge in [-0.25, -0.2) is 4.39 Å². The lowest BCUT2D eigenvalue weighted by Gasteiger charge is -2.29. The van der Waals surface area contributed by atoms with Crippen molar-refractivity contribution in [3.8, 4) is 11.3 Å². The van der Waals surface area contributed by atoms with Crippen molar-refractivity contribution in [1.29, 1.82) is 0 Å². The molecule has 2 atom stereocenters. The second-order valence-electron chi connectivity index (χ2n) is 6.99. The number of likely N-dealkylation sites (N-methyl/N-ethyl adjacent to an activating group) is 1.